The lowest BCUT2D eigenvalue weighted by atomic mass is 9.98. The summed E-state index contributed by atoms with van der Waals surface area (Å²) >= 11 is 0. The highest BCUT2D eigenvalue weighted by molar-refractivity contribution is 4.90. The molecule has 0 radical (unpaired) electrons. The van der Waals surface area contributed by atoms with Gasteiger partial charge in [0.15, 0.2) is 6.29 Å². The maximum absolute atomic E-state index is 9.21. The molecular weight excluding hydrogens is 344 g/mol. The Morgan fingerprint density at radius 3 is 1.92 bits per heavy atom. The summed E-state index contributed by atoms with van der Waals surface area (Å²) < 4.78 is 4.70. The van der Waals surface area contributed by atoms with E-state index >= 15 is 0 Å². The Morgan fingerprint density at radius 1 is 0.960 bits per heavy atom. The maximum Gasteiger partial charge on any atom is 0.173 e. The standard InChI is InChI=1S/C7H17NO5.C6H13NO5/c1-8-2-4(10)6(12)7(13)5(11)3-9;7-3-5(10)4(9)2(1-8)12-6(3)11/h4-13H,2-3H2,1H3;2-6,8-11H,1,7H2/t;2-,3-,4-,5-,6?/m.1/s1. The molecule has 1 rings (SSSR count). The fraction of sp³-hybridized carbons (Fsp3) is 1.00. The van der Waals surface area contributed by atoms with Crippen LogP contribution in [0.2, 0.25) is 0 Å². The molecule has 0 bridgehead atoms. The van der Waals surface area contributed by atoms with Crippen LogP contribution in [0, 0.1) is 0 Å². The molecule has 12 nitrogen and oxygen atoms in total. The number of hydrogen-bond donors (Lipinski definition) is 11. The van der Waals surface area contributed by atoms with Gasteiger partial charge in [-0.2, -0.15) is 0 Å². The number of ether oxygens (including phenoxy) is 1. The Morgan fingerprint density at radius 2 is 1.48 bits per heavy atom. The average Bonchev–Trinajstić information content (AvgIpc) is 2.61. The molecule has 12 N–H and O–H groups in total. The lowest BCUT2D eigenvalue weighted by molar-refractivity contribution is -0.248. The highest BCUT2D eigenvalue weighted by Crippen LogP contribution is 2.17. The molecule has 0 aromatic rings. The maximum atomic E-state index is 9.21. The van der Waals surface area contributed by atoms with Gasteiger partial charge >= 0.3 is 0 Å². The zero-order valence-electron chi connectivity index (χ0n) is 13.8. The molecule has 152 valence electrons. The van der Waals surface area contributed by atoms with E-state index in [0.717, 1.165) is 0 Å². The first-order valence-corrected chi connectivity index (χ1v) is 7.66. The van der Waals surface area contributed by atoms with E-state index in [4.69, 9.17) is 41.1 Å². The molecule has 1 saturated heterocycles. The van der Waals surface area contributed by atoms with Crippen LogP contribution in [-0.2, 0) is 4.74 Å². The van der Waals surface area contributed by atoms with E-state index < -0.39 is 68.3 Å². The van der Waals surface area contributed by atoms with Crippen molar-refractivity contribution in [2.24, 2.45) is 5.73 Å². The molecule has 1 fully saturated rings. The third kappa shape index (κ3) is 7.34. The summed E-state index contributed by atoms with van der Waals surface area (Å²) in [5.41, 5.74) is 5.26. The molecule has 0 spiro atoms. The number of nitrogens with one attached hydrogen (secondary N) is 1. The summed E-state index contributed by atoms with van der Waals surface area (Å²) in [5, 5.41) is 83.5. The van der Waals surface area contributed by atoms with Crippen molar-refractivity contribution in [3.05, 3.63) is 0 Å². The minimum Gasteiger partial charge on any atom is -0.394 e. The smallest absolute Gasteiger partial charge is 0.173 e. The van der Waals surface area contributed by atoms with Gasteiger partial charge in [-0.25, -0.2) is 0 Å². The molecule has 9 atom stereocenters. The summed E-state index contributed by atoms with van der Waals surface area (Å²) in [4.78, 5) is 0. The highest BCUT2D eigenvalue weighted by Gasteiger charge is 2.41. The largest absolute Gasteiger partial charge is 0.394 e. The average molecular weight is 374 g/mol. The minimum absolute atomic E-state index is 0.0936. The van der Waals surface area contributed by atoms with E-state index in [9.17, 15) is 15.3 Å². The predicted octanol–water partition coefficient (Wildman–Crippen LogP) is -6.61. The van der Waals surface area contributed by atoms with Crippen molar-refractivity contribution in [3.63, 3.8) is 0 Å². The molecule has 1 aliphatic heterocycles. The number of likely N-dealkylation sites (N-methyl/N-ethyl adjacent to an activating group) is 1. The monoisotopic (exact) mass is 374 g/mol. The van der Waals surface area contributed by atoms with Gasteiger partial charge in [0.05, 0.1) is 25.4 Å². The summed E-state index contributed by atoms with van der Waals surface area (Å²) in [5.74, 6) is 0. The quantitative estimate of drug-likeness (QED) is 0.200. The van der Waals surface area contributed by atoms with Crippen molar-refractivity contribution in [2.75, 3.05) is 26.8 Å². The van der Waals surface area contributed by atoms with Gasteiger partial charge in [0.25, 0.3) is 0 Å². The Bertz CT molecular complexity index is 348. The minimum atomic E-state index is -1.55. The second-order valence-electron chi connectivity index (χ2n) is 5.66. The number of rotatable bonds is 7. The number of aliphatic hydroxyl groups is 9. The molecule has 0 saturated carbocycles. The normalized spacial score (nSPS) is 34.4. The molecule has 0 aromatic heterocycles. The van der Waals surface area contributed by atoms with E-state index in [-0.39, 0.29) is 6.54 Å². The van der Waals surface area contributed by atoms with Crippen LogP contribution in [0.1, 0.15) is 0 Å². The molecule has 0 amide bonds. The third-order valence-corrected chi connectivity index (χ3v) is 3.69. The molecule has 1 heterocycles. The summed E-state index contributed by atoms with van der Waals surface area (Å²) in [7, 11) is 1.57. The van der Waals surface area contributed by atoms with Crippen LogP contribution in [0.25, 0.3) is 0 Å². The van der Waals surface area contributed by atoms with Crippen LogP contribution in [0.5, 0.6) is 0 Å². The van der Waals surface area contributed by atoms with Crippen molar-refractivity contribution in [1.82, 2.24) is 5.32 Å². The van der Waals surface area contributed by atoms with Crippen LogP contribution in [-0.4, -0.2) is 128 Å². The molecule has 25 heavy (non-hydrogen) atoms. The summed E-state index contributed by atoms with van der Waals surface area (Å²) in [6, 6.07) is -1.04. The van der Waals surface area contributed by atoms with Crippen LogP contribution in [0.3, 0.4) is 0 Å². The number of hydrogen-bond acceptors (Lipinski definition) is 12. The van der Waals surface area contributed by atoms with Crippen LogP contribution >= 0.6 is 0 Å². The lowest BCUT2D eigenvalue weighted by Gasteiger charge is -2.38. The van der Waals surface area contributed by atoms with Gasteiger partial charge in [0, 0.05) is 6.54 Å². The Labute approximate surface area is 144 Å². The van der Waals surface area contributed by atoms with Crippen molar-refractivity contribution in [3.8, 4) is 0 Å². The fourth-order valence-corrected chi connectivity index (χ4v) is 2.01. The van der Waals surface area contributed by atoms with E-state index in [1.54, 1.807) is 7.05 Å². The number of aliphatic hydroxyl groups excluding tert-OH is 9. The second-order valence-corrected chi connectivity index (χ2v) is 5.66. The van der Waals surface area contributed by atoms with Crippen molar-refractivity contribution >= 4 is 0 Å². The SMILES string of the molecule is CNCC(O)C(O)C(O)C(O)CO.N[C@H]1C(O)O[C@H](CO)[C@@H](O)[C@@H]1O. The zero-order chi connectivity index (χ0) is 19.7. The van der Waals surface area contributed by atoms with E-state index in [0.29, 0.717) is 0 Å². The first-order valence-electron chi connectivity index (χ1n) is 7.66. The van der Waals surface area contributed by atoms with E-state index in [1.165, 1.54) is 0 Å². The van der Waals surface area contributed by atoms with E-state index in [2.05, 4.69) is 5.32 Å². The van der Waals surface area contributed by atoms with Gasteiger partial charge in [0.1, 0.15) is 36.6 Å². The van der Waals surface area contributed by atoms with Crippen LogP contribution < -0.4 is 11.1 Å². The summed E-state index contributed by atoms with van der Waals surface area (Å²) in [6.07, 6.45) is -10.5. The molecule has 0 aromatic carbocycles. The van der Waals surface area contributed by atoms with Gasteiger partial charge in [0.2, 0.25) is 0 Å². The Hall–Kier alpha value is -0.480. The van der Waals surface area contributed by atoms with Crippen molar-refractivity contribution < 1.29 is 50.7 Å². The molecule has 5 unspecified atom stereocenters. The van der Waals surface area contributed by atoms with Gasteiger partial charge < -0.3 is 61.7 Å². The Kier molecular flexibility index (Phi) is 11.8. The topological polar surface area (TPSA) is 229 Å². The third-order valence-electron chi connectivity index (χ3n) is 3.69. The fourth-order valence-electron chi connectivity index (χ4n) is 2.01. The predicted molar refractivity (Wildman–Crippen MR) is 83.0 cm³/mol. The Balaban J connectivity index is 0.000000462. The first kappa shape index (κ1) is 24.5. The second kappa shape index (κ2) is 12.0. The van der Waals surface area contributed by atoms with Crippen LogP contribution in [0.15, 0.2) is 0 Å². The zero-order valence-corrected chi connectivity index (χ0v) is 13.8. The van der Waals surface area contributed by atoms with Gasteiger partial charge in [-0.05, 0) is 7.05 Å². The van der Waals surface area contributed by atoms with Crippen molar-refractivity contribution in [1.29, 1.82) is 0 Å². The highest BCUT2D eigenvalue weighted by atomic mass is 16.6. The van der Waals surface area contributed by atoms with Crippen LogP contribution in [0.4, 0.5) is 0 Å². The molecule has 1 aliphatic rings. The molecule has 0 aliphatic carbocycles. The van der Waals surface area contributed by atoms with E-state index in [1.807, 2.05) is 0 Å². The van der Waals surface area contributed by atoms with Gasteiger partial charge in [-0.15, -0.1) is 0 Å². The van der Waals surface area contributed by atoms with Crippen molar-refractivity contribution in [2.45, 2.75) is 55.1 Å². The molecular formula is C13H30N2O10. The first-order chi connectivity index (χ1) is 11.6. The number of nitrogens with two attached hydrogens (primary N) is 1. The molecule has 12 heteroatoms. The summed E-state index contributed by atoms with van der Waals surface area (Å²) in [6.45, 7) is -1.04. The van der Waals surface area contributed by atoms with Gasteiger partial charge in [-0.1, -0.05) is 0 Å². The van der Waals surface area contributed by atoms with Gasteiger partial charge in [-0.3, -0.25) is 0 Å². The lowest BCUT2D eigenvalue weighted by Crippen LogP contribution is -2.61.